The van der Waals surface area contributed by atoms with Crippen LogP contribution in [-0.2, 0) is 32.9 Å². The van der Waals surface area contributed by atoms with E-state index in [4.69, 9.17) is 18.7 Å². The fraction of sp³-hybridized carbons (Fsp3) is 0.727. The number of carbonyl (C=O) groups excluding carboxylic acids is 2. The summed E-state index contributed by atoms with van der Waals surface area (Å²) in [7, 11) is -4.20. The molecule has 2 rings (SSSR count). The summed E-state index contributed by atoms with van der Waals surface area (Å²) in [5.41, 5.74) is -1.49. The van der Waals surface area contributed by atoms with Crippen molar-refractivity contribution in [3.05, 3.63) is 33.1 Å². The smallest absolute Gasteiger partial charge is 0.342 e. The SMILES string of the molecule is CC(C)OC(=O)[C@H](C)N[P@](=O)(N[C@H](C)C(=O)OC(C)C)OC[C@H]1O[C@@H](n2ccc(=O)[nH]c2=O)[C@H](O)[C@@H]1CO. The third-order valence-electron chi connectivity index (χ3n) is 5.42. The molecule has 5 N–H and O–H groups in total. The molecule has 0 aromatic carbocycles. The average Bonchev–Trinajstić information content (AvgIpc) is 3.11. The van der Waals surface area contributed by atoms with Gasteiger partial charge in [0.15, 0.2) is 6.23 Å². The van der Waals surface area contributed by atoms with Gasteiger partial charge in [0.25, 0.3) is 5.56 Å². The number of nitrogens with zero attached hydrogens (tertiary/aromatic N) is 1. The van der Waals surface area contributed by atoms with Gasteiger partial charge < -0.3 is 28.9 Å². The van der Waals surface area contributed by atoms with Crippen molar-refractivity contribution in [3.63, 3.8) is 0 Å². The number of rotatable bonds is 13. The molecule has 0 saturated carbocycles. The van der Waals surface area contributed by atoms with Crippen LogP contribution in [0.4, 0.5) is 0 Å². The van der Waals surface area contributed by atoms with Gasteiger partial charge >= 0.3 is 25.3 Å². The van der Waals surface area contributed by atoms with Gasteiger partial charge in [0.1, 0.15) is 18.2 Å². The van der Waals surface area contributed by atoms with E-state index >= 15 is 0 Å². The number of H-pyrrole nitrogens is 1. The first-order valence-electron chi connectivity index (χ1n) is 12.1. The van der Waals surface area contributed by atoms with Gasteiger partial charge in [-0.1, -0.05) is 0 Å². The van der Waals surface area contributed by atoms with Gasteiger partial charge in [-0.25, -0.2) is 15.0 Å². The molecule has 216 valence electrons. The Morgan fingerprint density at radius 1 is 1.08 bits per heavy atom. The van der Waals surface area contributed by atoms with Crippen molar-refractivity contribution in [2.24, 2.45) is 5.92 Å². The van der Waals surface area contributed by atoms with Crippen LogP contribution < -0.4 is 21.4 Å². The molecule has 0 spiro atoms. The zero-order valence-electron chi connectivity index (χ0n) is 22.2. The summed E-state index contributed by atoms with van der Waals surface area (Å²) in [5.74, 6) is -2.42. The second kappa shape index (κ2) is 13.6. The first-order chi connectivity index (χ1) is 17.7. The average molecular weight is 565 g/mol. The van der Waals surface area contributed by atoms with Crippen molar-refractivity contribution < 1.29 is 43.1 Å². The number of aromatic nitrogens is 2. The van der Waals surface area contributed by atoms with Crippen molar-refractivity contribution >= 4 is 19.6 Å². The molecular formula is C22H37N4O11P. The fourth-order valence-corrected chi connectivity index (χ4v) is 5.42. The molecule has 1 aromatic heterocycles. The maximum Gasteiger partial charge on any atom is 0.342 e. The van der Waals surface area contributed by atoms with E-state index in [1.54, 1.807) is 27.7 Å². The van der Waals surface area contributed by atoms with E-state index < -0.39 is 92.7 Å². The number of nitrogens with one attached hydrogen (secondary N) is 3. The minimum absolute atomic E-state index is 0.438. The van der Waals surface area contributed by atoms with Crippen LogP contribution in [0.15, 0.2) is 21.9 Å². The Kier molecular flexibility index (Phi) is 11.4. The minimum atomic E-state index is -4.20. The van der Waals surface area contributed by atoms with E-state index in [-0.39, 0.29) is 0 Å². The number of hydrogen-bond acceptors (Lipinski definition) is 11. The van der Waals surface area contributed by atoms with E-state index in [1.165, 1.54) is 13.8 Å². The maximum atomic E-state index is 13.8. The van der Waals surface area contributed by atoms with Crippen molar-refractivity contribution in [3.8, 4) is 0 Å². The molecule has 0 unspecified atom stereocenters. The number of carbonyl (C=O) groups is 2. The maximum absolute atomic E-state index is 13.8. The van der Waals surface area contributed by atoms with E-state index in [0.29, 0.717) is 0 Å². The highest BCUT2D eigenvalue weighted by molar-refractivity contribution is 7.54. The Labute approximate surface area is 219 Å². The molecule has 1 aliphatic rings. The highest BCUT2D eigenvalue weighted by Crippen LogP contribution is 2.42. The van der Waals surface area contributed by atoms with Crippen LogP contribution in [-0.4, -0.2) is 81.4 Å². The molecule has 7 atom stereocenters. The lowest BCUT2D eigenvalue weighted by atomic mass is 9.99. The lowest BCUT2D eigenvalue weighted by Crippen LogP contribution is -2.43. The molecule has 1 aromatic rings. The van der Waals surface area contributed by atoms with Crippen LogP contribution in [0.1, 0.15) is 47.8 Å². The Bertz CT molecular complexity index is 1090. The topological polar surface area (TPSA) is 208 Å². The third-order valence-corrected chi connectivity index (χ3v) is 7.38. The van der Waals surface area contributed by atoms with E-state index in [0.717, 1.165) is 16.8 Å². The van der Waals surface area contributed by atoms with E-state index in [1.807, 2.05) is 4.98 Å². The van der Waals surface area contributed by atoms with Gasteiger partial charge in [-0.3, -0.25) is 28.5 Å². The molecule has 0 bridgehead atoms. The molecule has 2 heterocycles. The van der Waals surface area contributed by atoms with Crippen molar-refractivity contribution in [1.29, 1.82) is 0 Å². The summed E-state index contributed by atoms with van der Waals surface area (Å²) in [6.45, 7) is 8.29. The van der Waals surface area contributed by atoms with Gasteiger partial charge in [0, 0.05) is 18.2 Å². The molecular weight excluding hydrogens is 527 g/mol. The highest BCUT2D eigenvalue weighted by Gasteiger charge is 2.46. The summed E-state index contributed by atoms with van der Waals surface area (Å²) in [5, 5.41) is 25.6. The highest BCUT2D eigenvalue weighted by atomic mass is 31.2. The zero-order valence-corrected chi connectivity index (χ0v) is 23.0. The summed E-state index contributed by atoms with van der Waals surface area (Å²) in [6, 6.07) is -1.19. The molecule has 15 nitrogen and oxygen atoms in total. The Morgan fingerprint density at radius 2 is 1.61 bits per heavy atom. The molecule has 38 heavy (non-hydrogen) atoms. The number of aromatic amines is 1. The van der Waals surface area contributed by atoms with E-state index in [2.05, 4.69) is 10.2 Å². The number of esters is 2. The van der Waals surface area contributed by atoms with Gasteiger partial charge in [-0.2, -0.15) is 0 Å². The largest absolute Gasteiger partial charge is 0.462 e. The molecule has 0 amide bonds. The Balaban J connectivity index is 2.24. The van der Waals surface area contributed by atoms with Gasteiger partial charge in [0.2, 0.25) is 0 Å². The normalized spacial score (nSPS) is 24.7. The summed E-state index contributed by atoms with van der Waals surface area (Å²) in [4.78, 5) is 50.3. The summed E-state index contributed by atoms with van der Waals surface area (Å²) < 4.78 is 36.3. The van der Waals surface area contributed by atoms with Crippen LogP contribution in [0.25, 0.3) is 0 Å². The van der Waals surface area contributed by atoms with Gasteiger partial charge in [-0.05, 0) is 41.5 Å². The molecule has 1 fully saturated rings. The standard InChI is InChI=1S/C22H37N4O11P/c1-11(2)35-20(30)13(5)24-38(33,25-14(6)21(31)36-12(3)4)34-10-16-15(9-27)18(29)19(37-16)26-8-7-17(28)23-22(26)32/h7-8,11-16,18-19,27,29H,9-10H2,1-6H3,(H,23,28,32)(H2,24,25,33)/t13-,14+,15-,16-,18-,19-,38+/m1/s1. The van der Waals surface area contributed by atoms with Crippen LogP contribution in [0.2, 0.25) is 0 Å². The van der Waals surface area contributed by atoms with Crippen LogP contribution >= 0.6 is 7.67 Å². The summed E-state index contributed by atoms with van der Waals surface area (Å²) >= 11 is 0. The molecule has 1 saturated heterocycles. The number of aliphatic hydroxyl groups is 2. The monoisotopic (exact) mass is 564 g/mol. The number of ether oxygens (including phenoxy) is 3. The lowest BCUT2D eigenvalue weighted by Gasteiger charge is -2.28. The second-order valence-corrected chi connectivity index (χ2v) is 11.3. The van der Waals surface area contributed by atoms with Crippen LogP contribution in [0.5, 0.6) is 0 Å². The fourth-order valence-electron chi connectivity index (χ4n) is 3.61. The number of aliphatic hydroxyl groups excluding tert-OH is 2. The number of hydrogen-bond donors (Lipinski definition) is 5. The van der Waals surface area contributed by atoms with Gasteiger partial charge in [-0.15, -0.1) is 0 Å². The minimum Gasteiger partial charge on any atom is -0.462 e. The first-order valence-corrected chi connectivity index (χ1v) is 13.8. The summed E-state index contributed by atoms with van der Waals surface area (Å²) in [6.07, 6.45) is -3.50. The molecule has 0 aliphatic carbocycles. The van der Waals surface area contributed by atoms with Gasteiger partial charge in [0.05, 0.1) is 31.5 Å². The predicted octanol–water partition coefficient (Wildman–Crippen LogP) is -0.612. The molecule has 16 heteroatoms. The van der Waals surface area contributed by atoms with Crippen molar-refractivity contribution in [1.82, 2.24) is 19.7 Å². The first kappa shape index (κ1) is 31.8. The Hall–Kier alpha value is -2.39. The molecule has 0 radical (unpaired) electrons. The van der Waals surface area contributed by atoms with E-state index in [9.17, 15) is 34.0 Å². The second-order valence-electron chi connectivity index (χ2n) is 9.44. The van der Waals surface area contributed by atoms with Crippen molar-refractivity contribution in [2.75, 3.05) is 13.2 Å². The Morgan fingerprint density at radius 3 is 2.05 bits per heavy atom. The lowest BCUT2D eigenvalue weighted by molar-refractivity contribution is -0.149. The van der Waals surface area contributed by atoms with Crippen molar-refractivity contribution in [2.45, 2.75) is 84.3 Å². The molecule has 1 aliphatic heterocycles. The van der Waals surface area contributed by atoms with Crippen LogP contribution in [0.3, 0.4) is 0 Å². The third kappa shape index (κ3) is 8.56. The predicted molar refractivity (Wildman–Crippen MR) is 133 cm³/mol. The zero-order chi connectivity index (χ0) is 28.8. The van der Waals surface area contributed by atoms with Crippen LogP contribution in [0, 0.1) is 5.92 Å². The quantitative estimate of drug-likeness (QED) is 0.150.